The fourth-order valence-electron chi connectivity index (χ4n) is 1.75. The second-order valence-electron chi connectivity index (χ2n) is 4.12. The van der Waals surface area contributed by atoms with E-state index in [0.717, 1.165) is 21.9 Å². The molecule has 3 nitrogen and oxygen atoms in total. The Balaban J connectivity index is 0.00000108. The largest absolute Gasteiger partial charge is 0.508 e. The normalized spacial score (nSPS) is 21.9. The van der Waals surface area contributed by atoms with E-state index in [2.05, 4.69) is 4.98 Å². The highest BCUT2D eigenvalue weighted by Gasteiger charge is 2.37. The lowest BCUT2D eigenvalue weighted by molar-refractivity contribution is 0.475. The summed E-state index contributed by atoms with van der Waals surface area (Å²) in [7, 11) is 0. The van der Waals surface area contributed by atoms with Gasteiger partial charge in [-0.25, -0.2) is 4.98 Å². The van der Waals surface area contributed by atoms with Crippen LogP contribution in [0.3, 0.4) is 0 Å². The van der Waals surface area contributed by atoms with Gasteiger partial charge in [0.2, 0.25) is 0 Å². The summed E-state index contributed by atoms with van der Waals surface area (Å²) < 4.78 is 0. The van der Waals surface area contributed by atoms with Crippen molar-refractivity contribution >= 4 is 23.7 Å². The molecule has 5 heteroatoms. The lowest BCUT2D eigenvalue weighted by atomic mass is 10.2. The molecule has 1 aromatic carbocycles. The van der Waals surface area contributed by atoms with Gasteiger partial charge in [-0.05, 0) is 24.1 Å². The molecule has 2 aromatic rings. The summed E-state index contributed by atoms with van der Waals surface area (Å²) in [6, 6.07) is 7.53. The Kier molecular flexibility index (Phi) is 3.38. The smallest absolute Gasteiger partial charge is 0.116 e. The summed E-state index contributed by atoms with van der Waals surface area (Å²) in [5.41, 5.74) is 6.81. The topological polar surface area (TPSA) is 59.1 Å². The number of halogens is 1. The first-order valence-corrected chi connectivity index (χ1v) is 6.06. The van der Waals surface area contributed by atoms with Crippen LogP contribution < -0.4 is 5.73 Å². The minimum Gasteiger partial charge on any atom is -0.508 e. The molecule has 1 fully saturated rings. The zero-order valence-electron chi connectivity index (χ0n) is 9.04. The average Bonchev–Trinajstić information content (AvgIpc) is 2.81. The van der Waals surface area contributed by atoms with Crippen LogP contribution in [-0.2, 0) is 0 Å². The molecule has 2 atom stereocenters. The number of phenols is 1. The first kappa shape index (κ1) is 12.4. The molecule has 90 valence electrons. The molecule has 1 aromatic heterocycles. The second kappa shape index (κ2) is 4.64. The summed E-state index contributed by atoms with van der Waals surface area (Å²) in [6.07, 6.45) is 2.91. The fraction of sp³-hybridized carbons (Fsp3) is 0.250. The molecule has 17 heavy (non-hydrogen) atoms. The summed E-state index contributed by atoms with van der Waals surface area (Å²) >= 11 is 1.67. The number of benzene rings is 1. The van der Waals surface area contributed by atoms with Crippen LogP contribution >= 0.6 is 23.7 Å². The molecule has 1 saturated carbocycles. The van der Waals surface area contributed by atoms with Crippen LogP contribution in [0.4, 0.5) is 0 Å². The maximum atomic E-state index is 9.41. The van der Waals surface area contributed by atoms with Gasteiger partial charge in [0.15, 0.2) is 0 Å². The Bertz CT molecular complexity index is 529. The standard InChI is InChI=1S/C12H12N2OS.ClH/c13-10-5-9(10)12-14-6-11(16-12)7-2-1-3-8(15)4-7;/h1-4,6,9-10,15H,5,13H2;1H/t9-,10-;/m1./s1. The van der Waals surface area contributed by atoms with Gasteiger partial charge in [-0.1, -0.05) is 12.1 Å². The Morgan fingerprint density at radius 2 is 2.18 bits per heavy atom. The van der Waals surface area contributed by atoms with E-state index < -0.39 is 0 Å². The fourth-order valence-corrected chi connectivity index (χ4v) is 2.85. The molecule has 0 bridgehead atoms. The number of nitrogens with two attached hydrogens (primary N) is 1. The molecule has 0 spiro atoms. The van der Waals surface area contributed by atoms with Crippen LogP contribution in [0.2, 0.25) is 0 Å². The van der Waals surface area contributed by atoms with E-state index in [9.17, 15) is 5.11 Å². The first-order chi connectivity index (χ1) is 7.74. The van der Waals surface area contributed by atoms with E-state index in [1.807, 2.05) is 18.3 Å². The van der Waals surface area contributed by atoms with Crippen LogP contribution in [0.5, 0.6) is 5.75 Å². The van der Waals surface area contributed by atoms with Gasteiger partial charge < -0.3 is 10.8 Å². The average molecular weight is 269 g/mol. The van der Waals surface area contributed by atoms with E-state index in [4.69, 9.17) is 5.73 Å². The molecule has 0 unspecified atom stereocenters. The third-order valence-electron chi connectivity index (χ3n) is 2.81. The van der Waals surface area contributed by atoms with Crippen molar-refractivity contribution < 1.29 is 5.11 Å². The Hall–Kier alpha value is -1.10. The number of phenolic OH excluding ortho intramolecular Hbond substituents is 1. The number of aromatic nitrogens is 1. The first-order valence-electron chi connectivity index (χ1n) is 5.25. The Morgan fingerprint density at radius 3 is 2.82 bits per heavy atom. The van der Waals surface area contributed by atoms with Crippen molar-refractivity contribution in [3.63, 3.8) is 0 Å². The van der Waals surface area contributed by atoms with Crippen molar-refractivity contribution in [2.75, 3.05) is 0 Å². The van der Waals surface area contributed by atoms with Gasteiger partial charge in [0.1, 0.15) is 5.75 Å². The van der Waals surface area contributed by atoms with Crippen molar-refractivity contribution in [1.82, 2.24) is 4.98 Å². The summed E-state index contributed by atoms with van der Waals surface area (Å²) in [4.78, 5) is 5.48. The molecule has 1 heterocycles. The van der Waals surface area contributed by atoms with E-state index >= 15 is 0 Å². The van der Waals surface area contributed by atoms with E-state index in [1.54, 1.807) is 23.5 Å². The van der Waals surface area contributed by atoms with Crippen molar-refractivity contribution in [3.05, 3.63) is 35.5 Å². The van der Waals surface area contributed by atoms with Crippen molar-refractivity contribution in [3.8, 4) is 16.2 Å². The van der Waals surface area contributed by atoms with Gasteiger partial charge in [-0.15, -0.1) is 23.7 Å². The number of thiazole rings is 1. The van der Waals surface area contributed by atoms with E-state index in [1.165, 1.54) is 0 Å². The summed E-state index contributed by atoms with van der Waals surface area (Å²) in [5, 5.41) is 10.5. The van der Waals surface area contributed by atoms with Crippen molar-refractivity contribution in [2.45, 2.75) is 18.4 Å². The lowest BCUT2D eigenvalue weighted by Crippen LogP contribution is -2.00. The van der Waals surface area contributed by atoms with Crippen LogP contribution in [0.25, 0.3) is 10.4 Å². The quantitative estimate of drug-likeness (QED) is 0.880. The molecule has 0 amide bonds. The SMILES string of the molecule is Cl.N[C@@H]1C[C@H]1c1ncc(-c2cccc(O)c2)s1. The lowest BCUT2D eigenvalue weighted by Gasteiger charge is -1.96. The monoisotopic (exact) mass is 268 g/mol. The minimum atomic E-state index is 0. The molecule has 1 aliphatic carbocycles. The highest BCUT2D eigenvalue weighted by atomic mass is 35.5. The molecular formula is C12H13ClN2OS. The zero-order valence-corrected chi connectivity index (χ0v) is 10.7. The van der Waals surface area contributed by atoms with Crippen LogP contribution in [0, 0.1) is 0 Å². The second-order valence-corrected chi connectivity index (χ2v) is 5.18. The van der Waals surface area contributed by atoms with Crippen molar-refractivity contribution in [2.24, 2.45) is 5.73 Å². The van der Waals surface area contributed by atoms with E-state index in [0.29, 0.717) is 12.0 Å². The molecule has 3 rings (SSSR count). The van der Waals surface area contributed by atoms with E-state index in [-0.39, 0.29) is 18.2 Å². The maximum Gasteiger partial charge on any atom is 0.116 e. The summed E-state index contributed by atoms with van der Waals surface area (Å²) in [5.74, 6) is 0.742. The molecular weight excluding hydrogens is 256 g/mol. The van der Waals surface area contributed by atoms with Gasteiger partial charge in [0.05, 0.1) is 9.88 Å². The number of hydrogen-bond donors (Lipinski definition) is 2. The molecule has 0 radical (unpaired) electrons. The molecule has 0 aliphatic heterocycles. The predicted octanol–water partition coefficient (Wildman–Crippen LogP) is 2.75. The van der Waals surface area contributed by atoms with Gasteiger partial charge in [-0.3, -0.25) is 0 Å². The van der Waals surface area contributed by atoms with Gasteiger partial charge in [0.25, 0.3) is 0 Å². The molecule has 3 N–H and O–H groups in total. The van der Waals surface area contributed by atoms with Gasteiger partial charge in [-0.2, -0.15) is 0 Å². The maximum absolute atomic E-state index is 9.41. The number of aromatic hydroxyl groups is 1. The molecule has 0 saturated heterocycles. The minimum absolute atomic E-state index is 0. The number of rotatable bonds is 2. The number of nitrogens with zero attached hydrogens (tertiary/aromatic N) is 1. The van der Waals surface area contributed by atoms with Gasteiger partial charge in [0, 0.05) is 18.2 Å². The Morgan fingerprint density at radius 1 is 1.41 bits per heavy atom. The third kappa shape index (κ3) is 2.44. The van der Waals surface area contributed by atoms with Crippen LogP contribution in [-0.4, -0.2) is 16.1 Å². The highest BCUT2D eigenvalue weighted by molar-refractivity contribution is 7.15. The number of hydrogen-bond acceptors (Lipinski definition) is 4. The van der Waals surface area contributed by atoms with Gasteiger partial charge >= 0.3 is 0 Å². The summed E-state index contributed by atoms with van der Waals surface area (Å²) in [6.45, 7) is 0. The Labute approximate surface area is 110 Å². The third-order valence-corrected chi connectivity index (χ3v) is 3.99. The zero-order chi connectivity index (χ0) is 11.1. The predicted molar refractivity (Wildman–Crippen MR) is 71.8 cm³/mol. The van der Waals surface area contributed by atoms with Crippen LogP contribution in [0.15, 0.2) is 30.5 Å². The van der Waals surface area contributed by atoms with Crippen molar-refractivity contribution in [1.29, 1.82) is 0 Å². The molecule has 1 aliphatic rings. The van der Waals surface area contributed by atoms with Crippen LogP contribution in [0.1, 0.15) is 17.3 Å². The highest BCUT2D eigenvalue weighted by Crippen LogP contribution is 2.42.